The smallest absolute Gasteiger partial charge is 0.249 e. The van der Waals surface area contributed by atoms with E-state index in [1.165, 1.54) is 6.42 Å². The number of benzene rings is 1. The third-order valence-electron chi connectivity index (χ3n) is 4.76. The fraction of sp³-hybridized carbons (Fsp3) is 0.588. The van der Waals surface area contributed by atoms with Crippen LogP contribution in [0.1, 0.15) is 19.3 Å². The van der Waals surface area contributed by atoms with Crippen molar-refractivity contribution in [2.45, 2.75) is 31.3 Å². The van der Waals surface area contributed by atoms with Gasteiger partial charge in [0, 0.05) is 19.2 Å². The van der Waals surface area contributed by atoms with E-state index in [0.29, 0.717) is 18.6 Å². The second kappa shape index (κ2) is 6.57. The number of piperidine rings is 1. The van der Waals surface area contributed by atoms with E-state index in [-0.39, 0.29) is 18.6 Å². The number of hydrogen-bond acceptors (Lipinski definition) is 4. The molecule has 120 valence electrons. The highest BCUT2D eigenvalue weighted by molar-refractivity contribution is 5.78. The molecule has 2 aliphatic rings. The molecule has 1 saturated heterocycles. The molecule has 0 radical (unpaired) electrons. The van der Waals surface area contributed by atoms with Crippen LogP contribution < -0.4 is 9.47 Å². The number of nitrogens with zero attached hydrogens (tertiary/aromatic N) is 1. The standard InChI is InChI=1S/C17H23NO4/c1-20-11-17(19)18-13-7-6-12(8-13)16(18)10-22-15-5-3-4-14(9-15)21-2/h3-5,9,12-13,16H,6-8,10-11H2,1-2H3/t12-,13+,16-/m1/s1. The monoisotopic (exact) mass is 305 g/mol. The van der Waals surface area contributed by atoms with Crippen molar-refractivity contribution in [1.29, 1.82) is 0 Å². The molecule has 0 spiro atoms. The first-order valence-electron chi connectivity index (χ1n) is 7.80. The third kappa shape index (κ3) is 2.90. The number of methoxy groups -OCH3 is 2. The fourth-order valence-corrected chi connectivity index (χ4v) is 3.77. The van der Waals surface area contributed by atoms with E-state index in [4.69, 9.17) is 14.2 Å². The van der Waals surface area contributed by atoms with Gasteiger partial charge < -0.3 is 19.1 Å². The highest BCUT2D eigenvalue weighted by atomic mass is 16.5. The van der Waals surface area contributed by atoms with Crippen molar-refractivity contribution >= 4 is 5.91 Å². The van der Waals surface area contributed by atoms with Crippen molar-refractivity contribution in [3.63, 3.8) is 0 Å². The zero-order chi connectivity index (χ0) is 15.5. The SMILES string of the molecule is COCC(=O)N1[C@H]2CC[C@H](C2)[C@H]1COc1cccc(OC)c1. The molecule has 22 heavy (non-hydrogen) atoms. The van der Waals surface area contributed by atoms with Gasteiger partial charge in [-0.1, -0.05) is 6.07 Å². The maximum atomic E-state index is 12.3. The van der Waals surface area contributed by atoms with Crippen LogP contribution in [0.15, 0.2) is 24.3 Å². The van der Waals surface area contributed by atoms with Crippen molar-refractivity contribution in [3.8, 4) is 11.5 Å². The minimum atomic E-state index is 0.0777. The van der Waals surface area contributed by atoms with Gasteiger partial charge in [-0.15, -0.1) is 0 Å². The summed E-state index contributed by atoms with van der Waals surface area (Å²) in [6, 6.07) is 8.10. The Bertz CT molecular complexity index is 533. The fourth-order valence-electron chi connectivity index (χ4n) is 3.77. The highest BCUT2D eigenvalue weighted by Gasteiger charge is 2.48. The van der Waals surface area contributed by atoms with Crippen LogP contribution in [0.3, 0.4) is 0 Å². The van der Waals surface area contributed by atoms with E-state index in [1.54, 1.807) is 14.2 Å². The van der Waals surface area contributed by atoms with E-state index in [1.807, 2.05) is 29.2 Å². The maximum absolute atomic E-state index is 12.3. The average Bonchev–Trinajstić information content (AvgIpc) is 3.14. The van der Waals surface area contributed by atoms with E-state index in [0.717, 1.165) is 24.3 Å². The second-order valence-corrected chi connectivity index (χ2v) is 6.02. The Morgan fingerprint density at radius 2 is 2.09 bits per heavy atom. The summed E-state index contributed by atoms with van der Waals surface area (Å²) in [6.07, 6.45) is 3.39. The van der Waals surface area contributed by atoms with Crippen LogP contribution in [0.25, 0.3) is 0 Å². The van der Waals surface area contributed by atoms with Crippen LogP contribution in [0.2, 0.25) is 0 Å². The first-order chi connectivity index (χ1) is 10.7. The molecule has 0 aromatic heterocycles. The van der Waals surface area contributed by atoms with E-state index < -0.39 is 0 Å². The van der Waals surface area contributed by atoms with Gasteiger partial charge in [-0.2, -0.15) is 0 Å². The minimum absolute atomic E-state index is 0.0777. The zero-order valence-corrected chi connectivity index (χ0v) is 13.2. The topological polar surface area (TPSA) is 48.0 Å². The summed E-state index contributed by atoms with van der Waals surface area (Å²) >= 11 is 0. The Balaban J connectivity index is 1.66. The van der Waals surface area contributed by atoms with Gasteiger partial charge in [0.1, 0.15) is 24.7 Å². The predicted octanol–water partition coefficient (Wildman–Crippen LogP) is 2.10. The summed E-state index contributed by atoms with van der Waals surface area (Å²) < 4.78 is 16.2. The van der Waals surface area contributed by atoms with E-state index in [9.17, 15) is 4.79 Å². The van der Waals surface area contributed by atoms with Gasteiger partial charge in [-0.05, 0) is 37.3 Å². The summed E-state index contributed by atoms with van der Waals surface area (Å²) in [5, 5.41) is 0. The Morgan fingerprint density at radius 1 is 1.27 bits per heavy atom. The van der Waals surface area contributed by atoms with Crippen LogP contribution in [0, 0.1) is 5.92 Å². The molecule has 3 atom stereocenters. The highest BCUT2D eigenvalue weighted by Crippen LogP contribution is 2.42. The molecule has 1 heterocycles. The third-order valence-corrected chi connectivity index (χ3v) is 4.76. The number of ether oxygens (including phenoxy) is 3. The van der Waals surface area contributed by atoms with E-state index >= 15 is 0 Å². The first-order valence-corrected chi connectivity index (χ1v) is 7.80. The molecule has 1 aromatic rings. The Kier molecular flexibility index (Phi) is 4.52. The molecule has 5 nitrogen and oxygen atoms in total. The molecule has 1 saturated carbocycles. The average molecular weight is 305 g/mol. The molecule has 1 aliphatic carbocycles. The van der Waals surface area contributed by atoms with Crippen LogP contribution in [-0.2, 0) is 9.53 Å². The summed E-state index contributed by atoms with van der Waals surface area (Å²) in [6.45, 7) is 0.683. The molecule has 1 amide bonds. The summed E-state index contributed by atoms with van der Waals surface area (Å²) in [4.78, 5) is 14.3. The number of hydrogen-bond donors (Lipinski definition) is 0. The molecule has 2 bridgehead atoms. The van der Waals surface area contributed by atoms with Gasteiger partial charge in [0.15, 0.2) is 0 Å². The molecule has 1 aromatic carbocycles. The maximum Gasteiger partial charge on any atom is 0.249 e. The number of fused-ring (bicyclic) bond motifs is 2. The Labute approximate surface area is 131 Å². The summed E-state index contributed by atoms with van der Waals surface area (Å²) in [5.74, 6) is 2.18. The van der Waals surface area contributed by atoms with Gasteiger partial charge in [-0.25, -0.2) is 0 Å². The van der Waals surface area contributed by atoms with Crippen LogP contribution in [0.4, 0.5) is 0 Å². The van der Waals surface area contributed by atoms with Crippen LogP contribution >= 0.6 is 0 Å². The largest absolute Gasteiger partial charge is 0.497 e. The van der Waals surface area contributed by atoms with Crippen LogP contribution in [-0.4, -0.2) is 50.3 Å². The number of carbonyl (C=O) groups is 1. The molecule has 5 heteroatoms. The van der Waals surface area contributed by atoms with Gasteiger partial charge in [0.2, 0.25) is 5.91 Å². The zero-order valence-electron chi connectivity index (χ0n) is 13.2. The van der Waals surface area contributed by atoms with Crippen molar-refractivity contribution < 1.29 is 19.0 Å². The summed E-state index contributed by atoms with van der Waals surface area (Å²) in [5.41, 5.74) is 0. The van der Waals surface area contributed by atoms with Gasteiger partial charge in [0.05, 0.1) is 13.2 Å². The molecular formula is C17H23NO4. The predicted molar refractivity (Wildman–Crippen MR) is 82.1 cm³/mol. The lowest BCUT2D eigenvalue weighted by Crippen LogP contribution is -2.49. The lowest BCUT2D eigenvalue weighted by molar-refractivity contribution is -0.140. The Morgan fingerprint density at radius 3 is 2.86 bits per heavy atom. The first kappa shape index (κ1) is 15.2. The van der Waals surface area contributed by atoms with Crippen LogP contribution in [0.5, 0.6) is 11.5 Å². The van der Waals surface area contributed by atoms with E-state index in [2.05, 4.69) is 0 Å². The molecule has 3 rings (SSSR count). The normalized spacial score (nSPS) is 26.3. The Hall–Kier alpha value is -1.75. The number of rotatable bonds is 6. The lowest BCUT2D eigenvalue weighted by atomic mass is 9.99. The molecular weight excluding hydrogens is 282 g/mol. The molecule has 2 fully saturated rings. The summed E-state index contributed by atoms with van der Waals surface area (Å²) in [7, 11) is 3.20. The van der Waals surface area contributed by atoms with Gasteiger partial charge in [0.25, 0.3) is 0 Å². The van der Waals surface area contributed by atoms with Crippen molar-refractivity contribution in [3.05, 3.63) is 24.3 Å². The molecule has 0 N–H and O–H groups in total. The second-order valence-electron chi connectivity index (χ2n) is 6.02. The van der Waals surface area contributed by atoms with Gasteiger partial charge in [-0.3, -0.25) is 4.79 Å². The molecule has 1 aliphatic heterocycles. The quantitative estimate of drug-likeness (QED) is 0.807. The molecule has 0 unspecified atom stereocenters. The lowest BCUT2D eigenvalue weighted by Gasteiger charge is -2.35. The van der Waals surface area contributed by atoms with Crippen molar-refractivity contribution in [1.82, 2.24) is 4.90 Å². The van der Waals surface area contributed by atoms with Crippen molar-refractivity contribution in [2.75, 3.05) is 27.4 Å². The van der Waals surface area contributed by atoms with Crippen molar-refractivity contribution in [2.24, 2.45) is 5.92 Å². The van der Waals surface area contributed by atoms with Gasteiger partial charge >= 0.3 is 0 Å². The number of likely N-dealkylation sites (tertiary alicyclic amines) is 1. The minimum Gasteiger partial charge on any atom is -0.497 e. The number of amides is 1. The number of carbonyl (C=O) groups excluding carboxylic acids is 1.